The number of fused-ring (bicyclic) bond motifs is 2. The fraction of sp³-hybridized carbons (Fsp3) is 0.310. The smallest absolute Gasteiger partial charge is 0.261 e. The first-order valence-corrected chi connectivity index (χ1v) is 13.3. The van der Waals surface area contributed by atoms with Gasteiger partial charge >= 0.3 is 0 Å². The molecule has 1 aromatic carbocycles. The Labute approximate surface area is 215 Å². The largest absolute Gasteiger partial charge is 0.378 e. The Kier molecular flexibility index (Phi) is 6.21. The van der Waals surface area contributed by atoms with Crippen LogP contribution in [0, 0.1) is 0 Å². The number of piperidine rings is 1. The minimum Gasteiger partial charge on any atom is -0.378 e. The van der Waals surface area contributed by atoms with Gasteiger partial charge in [-0.2, -0.15) is 0 Å². The monoisotopic (exact) mass is 498 g/mol. The van der Waals surface area contributed by atoms with Gasteiger partial charge in [0.05, 0.1) is 28.9 Å². The van der Waals surface area contributed by atoms with Crippen molar-refractivity contribution in [1.82, 2.24) is 19.8 Å². The Morgan fingerprint density at radius 3 is 2.72 bits per heavy atom. The zero-order chi connectivity index (χ0) is 24.5. The lowest BCUT2D eigenvalue weighted by Crippen LogP contribution is -2.50. The highest BCUT2D eigenvalue weighted by molar-refractivity contribution is 7.12. The van der Waals surface area contributed by atoms with Crippen LogP contribution in [0.1, 0.15) is 45.4 Å². The molecule has 184 valence electrons. The quantitative estimate of drug-likeness (QED) is 0.408. The van der Waals surface area contributed by atoms with Crippen molar-refractivity contribution >= 4 is 17.2 Å². The molecule has 1 aliphatic carbocycles. The highest BCUT2D eigenvalue weighted by Gasteiger charge is 2.54. The zero-order valence-corrected chi connectivity index (χ0v) is 21.2. The molecule has 3 aromatic heterocycles. The topological polar surface area (TPSA) is 59.4 Å². The summed E-state index contributed by atoms with van der Waals surface area (Å²) in [6.07, 6.45) is 7.69. The van der Waals surface area contributed by atoms with Gasteiger partial charge in [0.2, 0.25) is 0 Å². The lowest BCUT2D eigenvalue weighted by molar-refractivity contribution is -0.0123. The molecule has 0 radical (unpaired) electrons. The maximum atomic E-state index is 13.0. The summed E-state index contributed by atoms with van der Waals surface area (Å²) in [5.41, 5.74) is 4.75. The van der Waals surface area contributed by atoms with Crippen LogP contribution >= 0.6 is 11.3 Å². The fourth-order valence-corrected chi connectivity index (χ4v) is 6.81. The van der Waals surface area contributed by atoms with E-state index in [0.717, 1.165) is 43.0 Å². The SMILES string of the molecule is CO[C@H]1[C@H](NC(=O)c2cccs2)c2ccccc2C12CCN(Cc1cccn1-c1cccnc1)CC2. The van der Waals surface area contributed by atoms with Crippen molar-refractivity contribution in [1.29, 1.82) is 0 Å². The summed E-state index contributed by atoms with van der Waals surface area (Å²) in [5.74, 6) is -0.0301. The van der Waals surface area contributed by atoms with E-state index in [1.54, 1.807) is 13.3 Å². The molecule has 1 N–H and O–H groups in total. The summed E-state index contributed by atoms with van der Waals surface area (Å²) < 4.78 is 8.41. The average molecular weight is 499 g/mol. The highest BCUT2D eigenvalue weighted by Crippen LogP contribution is 2.52. The van der Waals surface area contributed by atoms with Crippen LogP contribution in [0.25, 0.3) is 5.69 Å². The molecule has 0 bridgehead atoms. The Hall–Kier alpha value is -3.26. The van der Waals surface area contributed by atoms with Gasteiger partial charge in [0.25, 0.3) is 5.91 Å². The first kappa shape index (κ1) is 23.2. The van der Waals surface area contributed by atoms with E-state index in [1.807, 2.05) is 29.8 Å². The van der Waals surface area contributed by atoms with Crippen molar-refractivity contribution in [2.75, 3.05) is 20.2 Å². The second-order valence-electron chi connectivity index (χ2n) is 9.69. The molecule has 36 heavy (non-hydrogen) atoms. The average Bonchev–Trinajstić information content (AvgIpc) is 3.67. The number of aromatic nitrogens is 2. The van der Waals surface area contributed by atoms with Crippen LogP contribution in [0.5, 0.6) is 0 Å². The molecule has 1 amide bonds. The number of likely N-dealkylation sites (tertiary alicyclic amines) is 1. The molecular weight excluding hydrogens is 468 g/mol. The third-order valence-electron chi connectivity index (χ3n) is 7.86. The number of methoxy groups -OCH3 is 1. The maximum absolute atomic E-state index is 13.0. The Morgan fingerprint density at radius 2 is 1.97 bits per heavy atom. The van der Waals surface area contributed by atoms with Gasteiger partial charge in [-0.25, -0.2) is 0 Å². The van der Waals surface area contributed by atoms with Gasteiger partial charge in [-0.15, -0.1) is 11.3 Å². The molecule has 0 unspecified atom stereocenters. The predicted octanol–water partition coefficient (Wildman–Crippen LogP) is 4.97. The third kappa shape index (κ3) is 3.97. The second kappa shape index (κ2) is 9.65. The number of amides is 1. The highest BCUT2D eigenvalue weighted by atomic mass is 32.1. The number of pyridine rings is 1. The second-order valence-corrected chi connectivity index (χ2v) is 10.6. The lowest BCUT2D eigenvalue weighted by Gasteiger charge is -2.44. The van der Waals surface area contributed by atoms with Gasteiger partial charge in [-0.3, -0.25) is 14.7 Å². The van der Waals surface area contributed by atoms with Crippen LogP contribution in [0.15, 0.2) is 84.6 Å². The number of nitrogens with zero attached hydrogens (tertiary/aromatic N) is 3. The van der Waals surface area contributed by atoms with Crippen molar-refractivity contribution in [2.24, 2.45) is 0 Å². The van der Waals surface area contributed by atoms with Crippen LogP contribution in [0.3, 0.4) is 0 Å². The van der Waals surface area contributed by atoms with E-state index in [4.69, 9.17) is 4.74 Å². The molecule has 2 atom stereocenters. The molecule has 1 aliphatic heterocycles. The third-order valence-corrected chi connectivity index (χ3v) is 8.72. The molecule has 1 saturated heterocycles. The van der Waals surface area contributed by atoms with E-state index in [0.29, 0.717) is 0 Å². The number of rotatable bonds is 6. The number of ether oxygens (including phenoxy) is 1. The molecule has 1 fully saturated rings. The molecule has 7 heteroatoms. The number of benzene rings is 1. The van der Waals surface area contributed by atoms with E-state index in [-0.39, 0.29) is 23.5 Å². The van der Waals surface area contributed by atoms with E-state index >= 15 is 0 Å². The zero-order valence-electron chi connectivity index (χ0n) is 20.3. The standard InChI is InChI=1S/C29H30N4O2S/c1-35-27-26(31-28(34)25-11-6-18-36-25)23-9-2-3-10-24(23)29(27)12-16-32(17-13-29)20-22-8-5-15-33(22)21-7-4-14-30-19-21/h2-11,14-15,18-19,26-27H,12-13,16-17,20H2,1H3,(H,31,34)/t26-,27+/m1/s1. The van der Waals surface area contributed by atoms with Crippen molar-refractivity contribution < 1.29 is 9.53 Å². The number of thiophene rings is 1. The molecule has 1 spiro atoms. The molecule has 6 rings (SSSR count). The van der Waals surface area contributed by atoms with Crippen molar-refractivity contribution in [2.45, 2.75) is 36.9 Å². The Bertz CT molecular complexity index is 1330. The summed E-state index contributed by atoms with van der Waals surface area (Å²) in [5, 5.41) is 5.24. The van der Waals surface area contributed by atoms with E-state index in [1.165, 1.54) is 28.2 Å². The molecule has 0 saturated carbocycles. The minimum absolute atomic E-state index is 0.0301. The van der Waals surface area contributed by atoms with Crippen LogP contribution in [-0.2, 0) is 16.7 Å². The number of carbonyl (C=O) groups is 1. The normalized spacial score (nSPS) is 20.9. The molecule has 2 aliphatic rings. The molecule has 4 heterocycles. The van der Waals surface area contributed by atoms with Crippen LogP contribution in [0.4, 0.5) is 0 Å². The number of hydrogen-bond donors (Lipinski definition) is 1. The van der Waals surface area contributed by atoms with Crippen LogP contribution < -0.4 is 5.32 Å². The fourth-order valence-electron chi connectivity index (χ4n) is 6.18. The summed E-state index contributed by atoms with van der Waals surface area (Å²) >= 11 is 1.47. The summed E-state index contributed by atoms with van der Waals surface area (Å²) in [6, 6.07) is 20.6. The first-order valence-electron chi connectivity index (χ1n) is 12.5. The van der Waals surface area contributed by atoms with Crippen LogP contribution in [-0.4, -0.2) is 46.7 Å². The predicted molar refractivity (Wildman–Crippen MR) is 142 cm³/mol. The van der Waals surface area contributed by atoms with Gasteiger partial charge in [0, 0.05) is 37.2 Å². The maximum Gasteiger partial charge on any atom is 0.261 e. The lowest BCUT2D eigenvalue weighted by atomic mass is 9.72. The summed E-state index contributed by atoms with van der Waals surface area (Å²) in [7, 11) is 1.79. The Balaban J connectivity index is 1.22. The van der Waals surface area contributed by atoms with Gasteiger partial charge in [0.1, 0.15) is 0 Å². The van der Waals surface area contributed by atoms with Crippen LogP contribution in [0.2, 0.25) is 0 Å². The summed E-state index contributed by atoms with van der Waals surface area (Å²) in [6.45, 7) is 2.83. The summed E-state index contributed by atoms with van der Waals surface area (Å²) in [4.78, 5) is 20.6. The van der Waals surface area contributed by atoms with Gasteiger partial charge in [-0.05, 0) is 72.8 Å². The van der Waals surface area contributed by atoms with Gasteiger partial charge < -0.3 is 14.6 Å². The van der Waals surface area contributed by atoms with E-state index < -0.39 is 0 Å². The number of hydrogen-bond acceptors (Lipinski definition) is 5. The molecule has 6 nitrogen and oxygen atoms in total. The minimum atomic E-state index is -0.157. The van der Waals surface area contributed by atoms with Crippen molar-refractivity contribution in [3.63, 3.8) is 0 Å². The van der Waals surface area contributed by atoms with Crippen molar-refractivity contribution in [3.05, 3.63) is 106 Å². The molecular formula is C29H30N4O2S. The van der Waals surface area contributed by atoms with Gasteiger partial charge in [0.15, 0.2) is 0 Å². The number of nitrogens with one attached hydrogen (secondary N) is 1. The van der Waals surface area contributed by atoms with E-state index in [9.17, 15) is 4.79 Å². The van der Waals surface area contributed by atoms with Crippen molar-refractivity contribution in [3.8, 4) is 5.69 Å². The number of carbonyl (C=O) groups excluding carboxylic acids is 1. The Morgan fingerprint density at radius 1 is 1.11 bits per heavy atom. The molecule has 4 aromatic rings. The van der Waals surface area contributed by atoms with Gasteiger partial charge in [-0.1, -0.05) is 30.3 Å². The van der Waals surface area contributed by atoms with E-state index in [2.05, 4.69) is 68.4 Å². The first-order chi connectivity index (χ1) is 17.7.